The van der Waals surface area contributed by atoms with Crippen LogP contribution in [-0.2, 0) is 0 Å². The minimum atomic E-state index is -0.243. The standard InChI is InChI=1S/C23H18N2O2S/c24-15-6-16-28-21-10-5-4-9-20(21)25-23(27)19-13-11-18(12-14-19)22(26)17-7-2-1-3-8-17/h1-5,7-14H,6,16H2,(H,25,27). The summed E-state index contributed by atoms with van der Waals surface area (Å²) < 4.78 is 0. The molecule has 0 bridgehead atoms. The van der Waals surface area contributed by atoms with Gasteiger partial charge in [-0.25, -0.2) is 0 Å². The van der Waals surface area contributed by atoms with E-state index in [1.54, 1.807) is 36.4 Å². The van der Waals surface area contributed by atoms with Crippen LogP contribution in [0, 0.1) is 11.3 Å². The molecule has 0 fully saturated rings. The molecule has 0 aliphatic heterocycles. The van der Waals surface area contributed by atoms with E-state index >= 15 is 0 Å². The highest BCUT2D eigenvalue weighted by Gasteiger charge is 2.12. The van der Waals surface area contributed by atoms with Gasteiger partial charge in [-0.3, -0.25) is 9.59 Å². The average molecular weight is 386 g/mol. The second-order valence-corrected chi connectivity index (χ2v) is 7.12. The SMILES string of the molecule is N#CCCSc1ccccc1NC(=O)c1ccc(C(=O)c2ccccc2)cc1. The fourth-order valence-corrected chi connectivity index (χ4v) is 3.49. The molecule has 0 aromatic heterocycles. The lowest BCUT2D eigenvalue weighted by atomic mass is 10.0. The molecule has 3 aromatic rings. The number of carbonyl (C=O) groups excluding carboxylic acids is 2. The smallest absolute Gasteiger partial charge is 0.255 e. The van der Waals surface area contributed by atoms with Crippen molar-refractivity contribution >= 4 is 29.1 Å². The molecule has 0 aliphatic rings. The number of carbonyl (C=O) groups is 2. The summed E-state index contributed by atoms with van der Waals surface area (Å²) in [5, 5.41) is 11.6. The zero-order valence-electron chi connectivity index (χ0n) is 15.1. The van der Waals surface area contributed by atoms with E-state index in [0.717, 1.165) is 4.90 Å². The van der Waals surface area contributed by atoms with Gasteiger partial charge in [-0.1, -0.05) is 54.6 Å². The number of nitriles is 1. The molecule has 1 N–H and O–H groups in total. The first-order valence-electron chi connectivity index (χ1n) is 8.79. The summed E-state index contributed by atoms with van der Waals surface area (Å²) in [6.45, 7) is 0. The highest BCUT2D eigenvalue weighted by Crippen LogP contribution is 2.27. The molecule has 3 rings (SSSR count). The first-order chi connectivity index (χ1) is 13.7. The Morgan fingerprint density at radius 2 is 1.43 bits per heavy atom. The van der Waals surface area contributed by atoms with Crippen molar-refractivity contribution in [3.63, 3.8) is 0 Å². The third-order valence-corrected chi connectivity index (χ3v) is 5.13. The van der Waals surface area contributed by atoms with Crippen molar-refractivity contribution in [1.82, 2.24) is 0 Å². The van der Waals surface area contributed by atoms with Gasteiger partial charge >= 0.3 is 0 Å². The van der Waals surface area contributed by atoms with Gasteiger partial charge in [0.1, 0.15) is 0 Å². The molecule has 0 heterocycles. The van der Waals surface area contributed by atoms with Crippen molar-refractivity contribution in [2.45, 2.75) is 11.3 Å². The number of para-hydroxylation sites is 1. The third-order valence-electron chi connectivity index (χ3n) is 4.05. The number of benzene rings is 3. The first-order valence-corrected chi connectivity index (χ1v) is 9.77. The summed E-state index contributed by atoms with van der Waals surface area (Å²) in [6.07, 6.45) is 0.448. The molecule has 0 saturated heterocycles. The fraction of sp³-hybridized carbons (Fsp3) is 0.0870. The number of hydrogen-bond donors (Lipinski definition) is 1. The number of hydrogen-bond acceptors (Lipinski definition) is 4. The lowest BCUT2D eigenvalue weighted by Gasteiger charge is -2.10. The molecule has 0 aliphatic carbocycles. The molecule has 0 saturated carbocycles. The van der Waals surface area contributed by atoms with Crippen LogP contribution in [0.25, 0.3) is 0 Å². The number of thioether (sulfide) groups is 1. The van der Waals surface area contributed by atoms with Gasteiger partial charge in [0.25, 0.3) is 5.91 Å². The Morgan fingerprint density at radius 1 is 0.821 bits per heavy atom. The highest BCUT2D eigenvalue weighted by molar-refractivity contribution is 7.99. The number of amides is 1. The summed E-state index contributed by atoms with van der Waals surface area (Å²) in [5.41, 5.74) is 2.33. The van der Waals surface area contributed by atoms with E-state index in [1.165, 1.54) is 11.8 Å². The average Bonchev–Trinajstić information content (AvgIpc) is 2.75. The van der Waals surface area contributed by atoms with Crippen LogP contribution in [0.3, 0.4) is 0 Å². The van der Waals surface area contributed by atoms with Crippen LogP contribution in [0.15, 0.2) is 83.8 Å². The summed E-state index contributed by atoms with van der Waals surface area (Å²) >= 11 is 1.53. The molecule has 0 spiro atoms. The summed E-state index contributed by atoms with van der Waals surface area (Å²) in [7, 11) is 0. The summed E-state index contributed by atoms with van der Waals surface area (Å²) in [5.74, 6) is 0.346. The third kappa shape index (κ3) is 4.87. The van der Waals surface area contributed by atoms with Crippen LogP contribution in [-0.4, -0.2) is 17.4 Å². The Bertz CT molecular complexity index is 1010. The Morgan fingerprint density at radius 3 is 2.14 bits per heavy atom. The quantitative estimate of drug-likeness (QED) is 0.345. The first kappa shape index (κ1) is 19.4. The maximum absolute atomic E-state index is 12.6. The summed E-state index contributed by atoms with van der Waals surface area (Å²) in [6, 6.07) is 25.3. The molecule has 138 valence electrons. The molecule has 0 unspecified atom stereocenters. The second kappa shape index (κ2) is 9.54. The molecular formula is C23H18N2O2S. The normalized spacial score (nSPS) is 10.1. The number of nitrogens with zero attached hydrogens (tertiary/aromatic N) is 1. The topological polar surface area (TPSA) is 70.0 Å². The largest absolute Gasteiger partial charge is 0.321 e. The van der Waals surface area contributed by atoms with Crippen LogP contribution >= 0.6 is 11.8 Å². The predicted octanol–water partition coefficient (Wildman–Crippen LogP) is 5.18. The van der Waals surface area contributed by atoms with Crippen molar-refractivity contribution in [2.75, 3.05) is 11.1 Å². The van der Waals surface area contributed by atoms with E-state index in [1.807, 2.05) is 42.5 Å². The molecule has 28 heavy (non-hydrogen) atoms. The maximum Gasteiger partial charge on any atom is 0.255 e. The molecule has 4 nitrogen and oxygen atoms in total. The zero-order chi connectivity index (χ0) is 19.8. The van der Waals surface area contributed by atoms with Gasteiger partial charge in [-0.2, -0.15) is 5.26 Å². The van der Waals surface area contributed by atoms with Crippen LogP contribution in [0.4, 0.5) is 5.69 Å². The number of nitrogens with one attached hydrogen (secondary N) is 1. The van der Waals surface area contributed by atoms with Crippen molar-refractivity contribution in [1.29, 1.82) is 5.26 Å². The molecule has 0 atom stereocenters. The van der Waals surface area contributed by atoms with Gasteiger partial charge in [0.2, 0.25) is 0 Å². The fourth-order valence-electron chi connectivity index (χ4n) is 2.63. The van der Waals surface area contributed by atoms with E-state index in [2.05, 4.69) is 11.4 Å². The highest BCUT2D eigenvalue weighted by atomic mass is 32.2. The van der Waals surface area contributed by atoms with Gasteiger partial charge in [0, 0.05) is 33.8 Å². The van der Waals surface area contributed by atoms with Crippen LogP contribution < -0.4 is 5.32 Å². The Hall–Kier alpha value is -3.36. The molecular weight excluding hydrogens is 368 g/mol. The number of ketones is 1. The monoisotopic (exact) mass is 386 g/mol. The Labute approximate surface area is 168 Å². The van der Waals surface area contributed by atoms with Crippen LogP contribution in [0.5, 0.6) is 0 Å². The minimum Gasteiger partial charge on any atom is -0.321 e. The minimum absolute atomic E-state index is 0.0770. The van der Waals surface area contributed by atoms with Gasteiger partial charge < -0.3 is 5.32 Å². The van der Waals surface area contributed by atoms with Gasteiger partial charge in [-0.15, -0.1) is 11.8 Å². The van der Waals surface area contributed by atoms with Crippen molar-refractivity contribution < 1.29 is 9.59 Å². The molecule has 1 amide bonds. The van der Waals surface area contributed by atoms with Crippen molar-refractivity contribution in [2.24, 2.45) is 0 Å². The molecule has 5 heteroatoms. The lowest BCUT2D eigenvalue weighted by molar-refractivity contribution is 0.102. The Kier molecular flexibility index (Phi) is 6.61. The van der Waals surface area contributed by atoms with E-state index in [0.29, 0.717) is 34.6 Å². The Balaban J connectivity index is 1.71. The van der Waals surface area contributed by atoms with Crippen molar-refractivity contribution in [3.8, 4) is 6.07 Å². The van der Waals surface area contributed by atoms with E-state index in [9.17, 15) is 9.59 Å². The number of anilines is 1. The van der Waals surface area contributed by atoms with E-state index in [-0.39, 0.29) is 11.7 Å². The molecule has 3 aromatic carbocycles. The lowest BCUT2D eigenvalue weighted by Crippen LogP contribution is -2.13. The maximum atomic E-state index is 12.6. The van der Waals surface area contributed by atoms with E-state index in [4.69, 9.17) is 5.26 Å². The zero-order valence-corrected chi connectivity index (χ0v) is 15.9. The van der Waals surface area contributed by atoms with Crippen LogP contribution in [0.1, 0.15) is 32.7 Å². The molecule has 0 radical (unpaired) electrons. The van der Waals surface area contributed by atoms with Gasteiger partial charge in [-0.05, 0) is 24.3 Å². The van der Waals surface area contributed by atoms with E-state index < -0.39 is 0 Å². The predicted molar refractivity (Wildman–Crippen MR) is 112 cm³/mol. The van der Waals surface area contributed by atoms with Gasteiger partial charge in [0.15, 0.2) is 5.78 Å². The summed E-state index contributed by atoms with van der Waals surface area (Å²) in [4.78, 5) is 26.0. The van der Waals surface area contributed by atoms with Crippen LogP contribution in [0.2, 0.25) is 0 Å². The van der Waals surface area contributed by atoms with Gasteiger partial charge in [0.05, 0.1) is 11.8 Å². The number of rotatable bonds is 7. The second-order valence-electron chi connectivity index (χ2n) is 5.98. The van der Waals surface area contributed by atoms with Crippen molar-refractivity contribution in [3.05, 3.63) is 95.6 Å².